The molecule has 1 amide bonds. The summed E-state index contributed by atoms with van der Waals surface area (Å²) in [5, 5.41) is 3.52. The first-order valence-corrected chi connectivity index (χ1v) is 13.2. The van der Waals surface area contributed by atoms with E-state index in [4.69, 9.17) is 9.72 Å². The van der Waals surface area contributed by atoms with E-state index in [1.807, 2.05) is 79.0 Å². The number of aromatic nitrogens is 2. The third kappa shape index (κ3) is 5.93. The van der Waals surface area contributed by atoms with Gasteiger partial charge < -0.3 is 4.74 Å². The lowest BCUT2D eigenvalue weighted by molar-refractivity contribution is -0.118. The maximum Gasteiger partial charge on any atom is 0.234 e. The Hall–Kier alpha value is -3.55. The summed E-state index contributed by atoms with van der Waals surface area (Å²) in [6.07, 6.45) is 0.987. The van der Waals surface area contributed by atoms with Gasteiger partial charge in [0.15, 0.2) is 5.13 Å². The number of carbonyl (C=O) groups is 1. The van der Waals surface area contributed by atoms with Crippen molar-refractivity contribution in [3.8, 4) is 5.75 Å². The van der Waals surface area contributed by atoms with Crippen LogP contribution < -0.4 is 9.64 Å². The van der Waals surface area contributed by atoms with E-state index >= 15 is 0 Å². The molecule has 0 N–H and O–H groups in total. The molecule has 5 rings (SSSR count). The van der Waals surface area contributed by atoms with Gasteiger partial charge in [-0.2, -0.15) is 0 Å². The molecule has 35 heavy (non-hydrogen) atoms. The van der Waals surface area contributed by atoms with Crippen LogP contribution in [0.15, 0.2) is 84.2 Å². The number of nitrogens with zero attached hydrogens (tertiary/aromatic N) is 3. The van der Waals surface area contributed by atoms with Crippen molar-refractivity contribution in [2.45, 2.75) is 26.4 Å². The highest BCUT2D eigenvalue weighted by Gasteiger charge is 2.21. The molecule has 0 saturated heterocycles. The van der Waals surface area contributed by atoms with Gasteiger partial charge in [-0.15, -0.1) is 11.3 Å². The molecule has 5 aromatic rings. The minimum atomic E-state index is -0.00344. The second-order valence-electron chi connectivity index (χ2n) is 8.26. The van der Waals surface area contributed by atoms with Crippen molar-refractivity contribution in [3.63, 3.8) is 0 Å². The van der Waals surface area contributed by atoms with Crippen LogP contribution in [0.25, 0.3) is 10.2 Å². The number of benzene rings is 3. The molecule has 0 spiro atoms. The Morgan fingerprint density at radius 1 is 0.943 bits per heavy atom. The number of anilines is 1. The average molecular weight is 500 g/mol. The molecule has 0 fully saturated rings. The first-order chi connectivity index (χ1) is 17.1. The molecule has 0 unspecified atom stereocenters. The van der Waals surface area contributed by atoms with E-state index in [0.717, 1.165) is 38.2 Å². The minimum absolute atomic E-state index is 0.00344. The first kappa shape index (κ1) is 23.2. The Bertz CT molecular complexity index is 1380. The Morgan fingerprint density at radius 2 is 1.71 bits per heavy atom. The van der Waals surface area contributed by atoms with E-state index in [1.54, 1.807) is 16.2 Å². The number of para-hydroxylation sites is 1. The van der Waals surface area contributed by atoms with Crippen LogP contribution in [0.2, 0.25) is 0 Å². The molecule has 2 aromatic heterocycles. The Morgan fingerprint density at radius 3 is 2.51 bits per heavy atom. The molecule has 0 bridgehead atoms. The lowest BCUT2D eigenvalue weighted by Crippen LogP contribution is -2.34. The maximum absolute atomic E-state index is 13.5. The second-order valence-corrected chi connectivity index (χ2v) is 10.2. The number of amides is 1. The van der Waals surface area contributed by atoms with Gasteiger partial charge in [0.1, 0.15) is 17.4 Å². The zero-order chi connectivity index (χ0) is 24.0. The highest BCUT2D eigenvalue weighted by molar-refractivity contribution is 7.22. The van der Waals surface area contributed by atoms with Crippen molar-refractivity contribution >= 4 is 43.9 Å². The van der Waals surface area contributed by atoms with Crippen molar-refractivity contribution in [1.82, 2.24) is 9.97 Å². The fourth-order valence-corrected chi connectivity index (χ4v) is 5.43. The quantitative estimate of drug-likeness (QED) is 0.234. The number of ether oxygens (including phenoxy) is 1. The van der Waals surface area contributed by atoms with Crippen LogP contribution in [0.4, 0.5) is 5.13 Å². The summed E-state index contributed by atoms with van der Waals surface area (Å²) in [6, 6.07) is 26.2. The number of carbonyl (C=O) groups excluding carboxylic acids is 1. The molecule has 7 heteroatoms. The van der Waals surface area contributed by atoms with Gasteiger partial charge in [-0.3, -0.25) is 9.69 Å². The zero-order valence-corrected chi connectivity index (χ0v) is 21.0. The van der Waals surface area contributed by atoms with Gasteiger partial charge in [0.2, 0.25) is 5.91 Å². The van der Waals surface area contributed by atoms with E-state index in [0.29, 0.717) is 13.2 Å². The van der Waals surface area contributed by atoms with Crippen LogP contribution in [0.3, 0.4) is 0 Å². The summed E-state index contributed by atoms with van der Waals surface area (Å²) in [4.78, 5) is 24.7. The van der Waals surface area contributed by atoms with Gasteiger partial charge in [-0.05, 0) is 43.2 Å². The van der Waals surface area contributed by atoms with Gasteiger partial charge in [0, 0.05) is 11.9 Å². The van der Waals surface area contributed by atoms with Gasteiger partial charge in [-0.25, -0.2) is 9.97 Å². The summed E-state index contributed by atoms with van der Waals surface area (Å²) in [7, 11) is 0. The fourth-order valence-electron chi connectivity index (χ4n) is 3.71. The molecule has 0 aliphatic carbocycles. The molecule has 0 radical (unpaired) electrons. The van der Waals surface area contributed by atoms with Crippen molar-refractivity contribution < 1.29 is 9.53 Å². The zero-order valence-electron chi connectivity index (χ0n) is 19.4. The normalized spacial score (nSPS) is 11.0. The third-order valence-corrected chi connectivity index (χ3v) is 7.53. The molecule has 2 heterocycles. The minimum Gasteiger partial charge on any atom is -0.486 e. The van der Waals surface area contributed by atoms with Crippen LogP contribution in [0.5, 0.6) is 5.75 Å². The number of thiazole rings is 2. The first-order valence-electron chi connectivity index (χ1n) is 11.5. The number of hydrogen-bond acceptors (Lipinski definition) is 6. The van der Waals surface area contributed by atoms with Crippen LogP contribution in [-0.2, 0) is 24.2 Å². The molecule has 5 nitrogen and oxygen atoms in total. The summed E-state index contributed by atoms with van der Waals surface area (Å²) >= 11 is 3.06. The van der Waals surface area contributed by atoms with Gasteiger partial charge in [-0.1, -0.05) is 71.5 Å². The summed E-state index contributed by atoms with van der Waals surface area (Å²) in [5.41, 5.74) is 4.05. The van der Waals surface area contributed by atoms with Gasteiger partial charge in [0.05, 0.1) is 22.3 Å². The predicted molar refractivity (Wildman–Crippen MR) is 143 cm³/mol. The van der Waals surface area contributed by atoms with Crippen LogP contribution >= 0.6 is 22.7 Å². The van der Waals surface area contributed by atoms with E-state index in [1.165, 1.54) is 22.5 Å². The molecular weight excluding hydrogens is 474 g/mol. The number of fused-ring (bicyclic) bond motifs is 1. The summed E-state index contributed by atoms with van der Waals surface area (Å²) in [6.45, 7) is 3.00. The number of rotatable bonds is 9. The van der Waals surface area contributed by atoms with Crippen molar-refractivity contribution in [1.29, 1.82) is 0 Å². The average Bonchev–Trinajstić information content (AvgIpc) is 3.51. The molecule has 3 aromatic carbocycles. The Labute approximate surface area is 212 Å². The van der Waals surface area contributed by atoms with E-state index < -0.39 is 0 Å². The fraction of sp³-hybridized carbons (Fsp3) is 0.179. The predicted octanol–water partition coefficient (Wildman–Crippen LogP) is 6.46. The number of hydrogen-bond donors (Lipinski definition) is 0. The molecule has 0 atom stereocenters. The summed E-state index contributed by atoms with van der Waals surface area (Å²) < 4.78 is 6.92. The molecule has 176 valence electrons. The van der Waals surface area contributed by atoms with Crippen LogP contribution in [-0.4, -0.2) is 22.4 Å². The van der Waals surface area contributed by atoms with Crippen molar-refractivity contribution in [3.05, 3.63) is 106 Å². The van der Waals surface area contributed by atoms with E-state index in [9.17, 15) is 4.79 Å². The lowest BCUT2D eigenvalue weighted by atomic mass is 10.1. The molecule has 0 saturated carbocycles. The largest absolute Gasteiger partial charge is 0.486 e. The third-order valence-electron chi connectivity index (χ3n) is 5.60. The van der Waals surface area contributed by atoms with Crippen LogP contribution in [0.1, 0.15) is 21.8 Å². The topological polar surface area (TPSA) is 55.3 Å². The van der Waals surface area contributed by atoms with E-state index in [-0.39, 0.29) is 12.3 Å². The van der Waals surface area contributed by atoms with Crippen molar-refractivity contribution in [2.24, 2.45) is 0 Å². The maximum atomic E-state index is 13.5. The van der Waals surface area contributed by atoms with Gasteiger partial charge in [0.25, 0.3) is 0 Å². The highest BCUT2D eigenvalue weighted by Crippen LogP contribution is 2.29. The smallest absolute Gasteiger partial charge is 0.234 e. The molecular formula is C28H25N3O2S2. The summed E-state index contributed by atoms with van der Waals surface area (Å²) in [5.74, 6) is 0.808. The van der Waals surface area contributed by atoms with E-state index in [2.05, 4.69) is 17.1 Å². The second kappa shape index (κ2) is 10.8. The van der Waals surface area contributed by atoms with Gasteiger partial charge >= 0.3 is 0 Å². The lowest BCUT2D eigenvalue weighted by Gasteiger charge is -2.19. The Kier molecular flexibility index (Phi) is 7.16. The SMILES string of the molecule is Cc1ccc(OCc2nc(CC(=O)N(CCc3ccccc3)c3nc4ccccc4s3)cs2)cc1. The molecule has 0 aliphatic heterocycles. The van der Waals surface area contributed by atoms with Crippen molar-refractivity contribution in [2.75, 3.05) is 11.4 Å². The highest BCUT2D eigenvalue weighted by atomic mass is 32.1. The standard InChI is InChI=1S/C28H25N3O2S2/c1-20-11-13-23(14-12-20)33-18-26-29-22(19-34-26)17-27(32)31(16-15-21-7-3-2-4-8-21)28-30-24-9-5-6-10-25(24)35-28/h2-14,19H,15-18H2,1H3. The van der Waals surface area contributed by atoms with Crippen LogP contribution in [0, 0.1) is 6.92 Å². The monoisotopic (exact) mass is 499 g/mol. The Balaban J connectivity index is 1.29. The number of aryl methyl sites for hydroxylation is 1. The molecule has 0 aliphatic rings.